The molecule has 5 aromatic heterocycles. The second-order valence-electron chi connectivity index (χ2n) is 15.0. The summed E-state index contributed by atoms with van der Waals surface area (Å²) in [7, 11) is 0. The van der Waals surface area contributed by atoms with E-state index in [-0.39, 0.29) is 25.5 Å². The number of hydrogen-bond acceptors (Lipinski definition) is 5. The van der Waals surface area contributed by atoms with Crippen LogP contribution < -0.4 is 0 Å². The summed E-state index contributed by atoms with van der Waals surface area (Å²) in [5, 5.41) is 6.45. The number of fused-ring (bicyclic) bond motifs is 10. The van der Waals surface area contributed by atoms with Gasteiger partial charge in [0, 0.05) is 54.1 Å². The van der Waals surface area contributed by atoms with Gasteiger partial charge < -0.3 is 23.2 Å². The molecule has 0 saturated carbocycles. The van der Waals surface area contributed by atoms with Crippen molar-refractivity contribution in [2.75, 3.05) is 0 Å². The zero-order valence-electron chi connectivity index (χ0n) is 31.8. The molecule has 0 aliphatic carbocycles. The molecule has 279 valence electrons. The number of pyridine rings is 2. The van der Waals surface area contributed by atoms with Gasteiger partial charge in [0.25, 0.3) is 0 Å². The molecule has 11 aromatic rings. The van der Waals surface area contributed by atoms with Crippen molar-refractivity contribution < 1.29 is 33.4 Å². The van der Waals surface area contributed by atoms with Gasteiger partial charge in [-0.3, -0.25) is 0 Å². The minimum Gasteiger partial charge on any atom is -0.501 e. The second kappa shape index (κ2) is 14.3. The average molecular weight is 917 g/mol. The predicted octanol–water partition coefficient (Wildman–Crippen LogP) is 13.7. The van der Waals surface area contributed by atoms with Gasteiger partial charge in [0.05, 0.1) is 16.6 Å². The molecule has 5 nitrogen and oxygen atoms in total. The largest absolute Gasteiger partial charge is 0.501 e. The Kier molecular flexibility index (Phi) is 9.12. The van der Waals surface area contributed by atoms with Crippen LogP contribution in [0.15, 0.2) is 159 Å². The van der Waals surface area contributed by atoms with Crippen molar-refractivity contribution in [1.29, 1.82) is 0 Å². The van der Waals surface area contributed by atoms with Crippen LogP contribution in [0.5, 0.6) is 0 Å². The molecule has 6 heteroatoms. The third-order valence-corrected chi connectivity index (χ3v) is 10.9. The van der Waals surface area contributed by atoms with Crippen LogP contribution in [0.2, 0.25) is 0 Å². The topological polar surface area (TPSA) is 65.2 Å². The van der Waals surface area contributed by atoms with E-state index in [9.17, 15) is 0 Å². The van der Waals surface area contributed by atoms with Crippen LogP contribution in [0, 0.1) is 26.0 Å². The molecule has 1 radical (unpaired) electrons. The van der Waals surface area contributed by atoms with Crippen LogP contribution in [-0.4, -0.2) is 9.97 Å². The summed E-state index contributed by atoms with van der Waals surface area (Å²) >= 11 is 0. The first-order valence-corrected chi connectivity index (χ1v) is 18.8. The molecule has 11 rings (SSSR count). The Bertz CT molecular complexity index is 3250. The van der Waals surface area contributed by atoms with Gasteiger partial charge in [0.15, 0.2) is 0 Å². The maximum atomic E-state index is 6.30. The maximum absolute atomic E-state index is 6.30. The average Bonchev–Trinajstić information content (AvgIpc) is 3.92. The summed E-state index contributed by atoms with van der Waals surface area (Å²) in [5.41, 5.74) is 13.4. The predicted molar refractivity (Wildman–Crippen MR) is 227 cm³/mol. The van der Waals surface area contributed by atoms with E-state index in [4.69, 9.17) is 18.2 Å². The fourth-order valence-electron chi connectivity index (χ4n) is 7.78. The monoisotopic (exact) mass is 917 g/mol. The van der Waals surface area contributed by atoms with Crippen LogP contribution in [0.3, 0.4) is 0 Å². The fraction of sp³-hybridized carbons (Fsp3) is 0.0980. The fourth-order valence-corrected chi connectivity index (χ4v) is 7.78. The van der Waals surface area contributed by atoms with Gasteiger partial charge in [-0.1, -0.05) is 109 Å². The Morgan fingerprint density at radius 1 is 0.526 bits per heavy atom. The van der Waals surface area contributed by atoms with Crippen LogP contribution in [-0.2, 0) is 25.5 Å². The molecule has 0 saturated heterocycles. The first-order chi connectivity index (χ1) is 27.3. The standard InChI is InChI=1S/C32H22NO2.C19H14NO.Ir/c1-32(2,21-8-4-3-5-9-21)22-16-17-33-26(19-22)20-12-14-28-25(18-20)30-29(34-28)15-13-24-23-10-6-7-11-27(23)35-31(24)30;1-12-6-8-14-15-4-3-5-16(19(15)21-18(14)10-12)17-9-7-13(2)11-20-17;/h3-11,13-19H,1-2H3;3-4,6-11H,1-2H3;/q2*-1;. The van der Waals surface area contributed by atoms with Crippen molar-refractivity contribution in [1.82, 2.24) is 9.97 Å². The molecule has 0 spiro atoms. The van der Waals surface area contributed by atoms with E-state index in [1.807, 2.05) is 67.8 Å². The molecule has 0 N–H and O–H groups in total. The molecule has 0 aliphatic rings. The number of nitrogens with zero attached hydrogens (tertiary/aromatic N) is 2. The Morgan fingerprint density at radius 2 is 1.28 bits per heavy atom. The zero-order valence-corrected chi connectivity index (χ0v) is 34.2. The van der Waals surface area contributed by atoms with E-state index in [1.54, 1.807) is 0 Å². The van der Waals surface area contributed by atoms with Gasteiger partial charge in [-0.2, -0.15) is 0 Å². The van der Waals surface area contributed by atoms with Gasteiger partial charge in [-0.25, -0.2) is 0 Å². The molecule has 5 heterocycles. The first kappa shape index (κ1) is 36.3. The summed E-state index contributed by atoms with van der Waals surface area (Å²) in [6.45, 7) is 8.60. The molecule has 0 unspecified atom stereocenters. The van der Waals surface area contributed by atoms with Gasteiger partial charge in [0.1, 0.15) is 22.3 Å². The molecule has 0 amide bonds. The molecular weight excluding hydrogens is 881 g/mol. The molecule has 0 atom stereocenters. The van der Waals surface area contributed by atoms with Crippen LogP contribution in [0.1, 0.15) is 36.1 Å². The maximum Gasteiger partial charge on any atom is 0.145 e. The Hall–Kier alpha value is -6.33. The number of aromatic nitrogens is 2. The molecule has 57 heavy (non-hydrogen) atoms. The van der Waals surface area contributed by atoms with E-state index < -0.39 is 0 Å². The summed E-state index contributed by atoms with van der Waals surface area (Å²) < 4.78 is 18.6. The molecule has 0 aliphatic heterocycles. The summed E-state index contributed by atoms with van der Waals surface area (Å²) in [6.07, 6.45) is 3.76. The van der Waals surface area contributed by atoms with Crippen molar-refractivity contribution in [2.24, 2.45) is 0 Å². The quantitative estimate of drug-likeness (QED) is 0.165. The third-order valence-electron chi connectivity index (χ3n) is 10.9. The van der Waals surface area contributed by atoms with Crippen LogP contribution in [0.25, 0.3) is 88.3 Å². The number of benzene rings is 6. The minimum absolute atomic E-state index is 0. The molecule has 0 bridgehead atoms. The van der Waals surface area contributed by atoms with E-state index in [1.165, 1.54) is 16.7 Å². The summed E-state index contributed by atoms with van der Waals surface area (Å²) in [6, 6.07) is 52.1. The molecular formula is C51H36IrN2O3-2. The number of hydrogen-bond donors (Lipinski definition) is 0. The number of furan rings is 3. The summed E-state index contributed by atoms with van der Waals surface area (Å²) in [4.78, 5) is 9.19. The Balaban J connectivity index is 0.000000164. The van der Waals surface area contributed by atoms with E-state index in [0.717, 1.165) is 93.9 Å². The van der Waals surface area contributed by atoms with E-state index >= 15 is 0 Å². The van der Waals surface area contributed by atoms with Crippen molar-refractivity contribution in [3.63, 3.8) is 0 Å². The molecule has 6 aromatic carbocycles. The van der Waals surface area contributed by atoms with Crippen molar-refractivity contribution in [3.8, 4) is 22.5 Å². The Morgan fingerprint density at radius 3 is 2.12 bits per heavy atom. The van der Waals surface area contributed by atoms with Crippen molar-refractivity contribution in [2.45, 2.75) is 33.1 Å². The molecule has 0 fully saturated rings. The van der Waals surface area contributed by atoms with E-state index in [2.05, 4.69) is 123 Å². The number of para-hydroxylation sites is 1. The van der Waals surface area contributed by atoms with Crippen LogP contribution in [0.4, 0.5) is 0 Å². The number of rotatable bonds is 4. The van der Waals surface area contributed by atoms with Gasteiger partial charge in [-0.05, 0) is 77.8 Å². The normalized spacial score (nSPS) is 11.7. The van der Waals surface area contributed by atoms with Crippen molar-refractivity contribution >= 4 is 65.8 Å². The second-order valence-corrected chi connectivity index (χ2v) is 15.0. The van der Waals surface area contributed by atoms with Gasteiger partial charge >= 0.3 is 0 Å². The third kappa shape index (κ3) is 6.32. The SMILES string of the molecule is CC(C)(c1ccccc1)c1ccnc(-c2[c-]cc3oc4ccc5c6ccccc6oc5c4c3c2)c1.Cc1ccc(-c2[c-]ccc3c2oc2cc(C)ccc23)nc1.[Ir]. The van der Waals surface area contributed by atoms with Crippen LogP contribution >= 0.6 is 0 Å². The van der Waals surface area contributed by atoms with Crippen molar-refractivity contribution in [3.05, 3.63) is 180 Å². The number of aryl methyl sites for hydroxylation is 2. The zero-order chi connectivity index (χ0) is 38.0. The van der Waals surface area contributed by atoms with Gasteiger partial charge in [0.2, 0.25) is 0 Å². The minimum atomic E-state index is -0.147. The smallest absolute Gasteiger partial charge is 0.145 e. The summed E-state index contributed by atoms with van der Waals surface area (Å²) in [5.74, 6) is 0. The Labute approximate surface area is 343 Å². The van der Waals surface area contributed by atoms with E-state index in [0.29, 0.717) is 0 Å². The van der Waals surface area contributed by atoms with Gasteiger partial charge in [-0.15, -0.1) is 42.0 Å². The first-order valence-electron chi connectivity index (χ1n) is 18.8.